The van der Waals surface area contributed by atoms with Crippen LogP contribution in [0.4, 0.5) is 0 Å². The summed E-state index contributed by atoms with van der Waals surface area (Å²) in [5.41, 5.74) is 3.86. The molecule has 3 aromatic heterocycles. The van der Waals surface area contributed by atoms with Crippen molar-refractivity contribution in [2.45, 2.75) is 0 Å². The first-order chi connectivity index (χ1) is 19.2. The molecular formula is C33H19ClN4S. The highest BCUT2D eigenvalue weighted by atomic mass is 35.5. The second-order valence-electron chi connectivity index (χ2n) is 9.44. The Morgan fingerprint density at radius 1 is 0.538 bits per heavy atom. The largest absolute Gasteiger partial charge is 0.278 e. The number of fused-ring (bicyclic) bond motifs is 7. The molecule has 0 spiro atoms. The molecule has 0 aliphatic carbocycles. The zero-order chi connectivity index (χ0) is 25.9. The van der Waals surface area contributed by atoms with Crippen molar-refractivity contribution >= 4 is 64.9 Å². The van der Waals surface area contributed by atoms with E-state index in [-0.39, 0.29) is 0 Å². The van der Waals surface area contributed by atoms with Crippen LogP contribution in [0.5, 0.6) is 0 Å². The molecule has 0 saturated carbocycles. The van der Waals surface area contributed by atoms with Crippen molar-refractivity contribution in [3.05, 3.63) is 120 Å². The Morgan fingerprint density at radius 2 is 1.21 bits per heavy atom. The number of hydrogen-bond donors (Lipinski definition) is 0. The third kappa shape index (κ3) is 3.55. The monoisotopic (exact) mass is 538 g/mol. The molecule has 5 aromatic carbocycles. The molecule has 0 fully saturated rings. The molecular weight excluding hydrogens is 520 g/mol. The summed E-state index contributed by atoms with van der Waals surface area (Å²) in [4.78, 5) is 14.9. The van der Waals surface area contributed by atoms with E-state index in [4.69, 9.17) is 26.6 Å². The number of hydrogen-bond acceptors (Lipinski definition) is 4. The van der Waals surface area contributed by atoms with Crippen molar-refractivity contribution in [3.63, 3.8) is 0 Å². The van der Waals surface area contributed by atoms with Crippen molar-refractivity contribution in [3.8, 4) is 28.7 Å². The van der Waals surface area contributed by atoms with Gasteiger partial charge in [0.05, 0.1) is 11.0 Å². The van der Waals surface area contributed by atoms with Crippen LogP contribution in [0, 0.1) is 0 Å². The first kappa shape index (κ1) is 22.4. The Kier molecular flexibility index (Phi) is 5.02. The van der Waals surface area contributed by atoms with Crippen LogP contribution >= 0.6 is 22.9 Å². The van der Waals surface area contributed by atoms with E-state index in [9.17, 15) is 0 Å². The van der Waals surface area contributed by atoms with Crippen molar-refractivity contribution < 1.29 is 0 Å². The maximum absolute atomic E-state index is 6.59. The van der Waals surface area contributed by atoms with Crippen molar-refractivity contribution in [2.24, 2.45) is 0 Å². The summed E-state index contributed by atoms with van der Waals surface area (Å²) in [6.07, 6.45) is 0. The van der Waals surface area contributed by atoms with Crippen LogP contribution in [0.3, 0.4) is 0 Å². The standard InChI is InChI=1S/C33H19ClN4S/c34-22-15-16-23-26(19-22)38(25-17-18-28-30(29(23)25)24-13-7-8-14-27(24)39-28)33-36-31(20-9-3-1-4-10-20)35-32(37-33)21-11-5-2-6-12-21/h1-19H. The molecule has 3 heterocycles. The molecule has 0 saturated heterocycles. The van der Waals surface area contributed by atoms with Gasteiger partial charge in [0.2, 0.25) is 5.95 Å². The van der Waals surface area contributed by atoms with Gasteiger partial charge in [0, 0.05) is 47.1 Å². The predicted molar refractivity (Wildman–Crippen MR) is 163 cm³/mol. The fourth-order valence-corrected chi connectivity index (χ4v) is 6.69. The minimum absolute atomic E-state index is 0.559. The second-order valence-corrected chi connectivity index (χ2v) is 11.0. The van der Waals surface area contributed by atoms with Gasteiger partial charge in [-0.1, -0.05) is 96.5 Å². The Labute approximate surface area is 232 Å². The van der Waals surface area contributed by atoms with Gasteiger partial charge >= 0.3 is 0 Å². The zero-order valence-corrected chi connectivity index (χ0v) is 22.1. The number of halogens is 1. The smallest absolute Gasteiger partial charge is 0.238 e. The second kappa shape index (κ2) is 8.73. The van der Waals surface area contributed by atoms with E-state index in [1.165, 1.54) is 25.6 Å². The summed E-state index contributed by atoms with van der Waals surface area (Å²) in [6, 6.07) is 39.1. The highest BCUT2D eigenvalue weighted by Gasteiger charge is 2.21. The third-order valence-electron chi connectivity index (χ3n) is 7.12. The molecule has 0 aliphatic heterocycles. The Hall–Kier alpha value is -4.58. The summed E-state index contributed by atoms with van der Waals surface area (Å²) < 4.78 is 4.65. The van der Waals surface area contributed by atoms with Gasteiger partial charge < -0.3 is 0 Å². The van der Waals surface area contributed by atoms with Crippen molar-refractivity contribution in [1.29, 1.82) is 0 Å². The quantitative estimate of drug-likeness (QED) is 0.225. The molecule has 6 heteroatoms. The maximum Gasteiger partial charge on any atom is 0.238 e. The summed E-state index contributed by atoms with van der Waals surface area (Å²) in [5.74, 6) is 1.81. The highest BCUT2D eigenvalue weighted by Crippen LogP contribution is 2.43. The van der Waals surface area contributed by atoms with E-state index in [0.29, 0.717) is 22.6 Å². The molecule has 8 rings (SSSR count). The maximum atomic E-state index is 6.59. The number of nitrogens with zero attached hydrogens (tertiary/aromatic N) is 4. The van der Waals surface area contributed by atoms with Gasteiger partial charge in [-0.3, -0.25) is 4.57 Å². The first-order valence-corrected chi connectivity index (χ1v) is 13.9. The molecule has 8 aromatic rings. The van der Waals surface area contributed by atoms with Crippen LogP contribution in [0.1, 0.15) is 0 Å². The fraction of sp³-hybridized carbons (Fsp3) is 0. The van der Waals surface area contributed by atoms with Crippen LogP contribution in [0.2, 0.25) is 5.02 Å². The lowest BCUT2D eigenvalue weighted by atomic mass is 10.1. The number of benzene rings is 5. The average molecular weight is 539 g/mol. The van der Waals surface area contributed by atoms with E-state index < -0.39 is 0 Å². The Balaban J connectivity index is 1.52. The van der Waals surface area contributed by atoms with Crippen molar-refractivity contribution in [1.82, 2.24) is 19.5 Å². The summed E-state index contributed by atoms with van der Waals surface area (Å²) in [7, 11) is 0. The summed E-state index contributed by atoms with van der Waals surface area (Å²) >= 11 is 8.40. The molecule has 0 aliphatic rings. The Morgan fingerprint density at radius 3 is 1.92 bits per heavy atom. The van der Waals surface area contributed by atoms with Gasteiger partial charge in [-0.2, -0.15) is 9.97 Å². The molecule has 0 bridgehead atoms. The average Bonchev–Trinajstić information content (AvgIpc) is 3.53. The first-order valence-electron chi connectivity index (χ1n) is 12.7. The highest BCUT2D eigenvalue weighted by molar-refractivity contribution is 7.26. The zero-order valence-electron chi connectivity index (χ0n) is 20.5. The van der Waals surface area contributed by atoms with Crippen LogP contribution in [-0.4, -0.2) is 19.5 Å². The van der Waals surface area contributed by atoms with E-state index in [1.54, 1.807) is 0 Å². The SMILES string of the molecule is Clc1ccc2c3c4c(ccc3n(-c3nc(-c5ccccc5)nc(-c5ccccc5)n3)c2c1)sc1ccccc14. The molecule has 0 unspecified atom stereocenters. The number of rotatable bonds is 3. The van der Waals surface area contributed by atoms with E-state index in [1.807, 2.05) is 84.1 Å². The van der Waals surface area contributed by atoms with E-state index >= 15 is 0 Å². The molecule has 39 heavy (non-hydrogen) atoms. The van der Waals surface area contributed by atoms with Crippen LogP contribution in [-0.2, 0) is 0 Å². The topological polar surface area (TPSA) is 43.6 Å². The molecule has 184 valence electrons. The molecule has 4 nitrogen and oxygen atoms in total. The molecule has 0 radical (unpaired) electrons. The number of thiophene rings is 1. The van der Waals surface area contributed by atoms with Gasteiger partial charge in [-0.05, 0) is 30.3 Å². The lowest BCUT2D eigenvalue weighted by molar-refractivity contribution is 0.953. The van der Waals surface area contributed by atoms with E-state index in [0.717, 1.165) is 27.5 Å². The van der Waals surface area contributed by atoms with Gasteiger partial charge in [0.1, 0.15) is 0 Å². The molecule has 0 atom stereocenters. The minimum Gasteiger partial charge on any atom is -0.278 e. The minimum atomic E-state index is 0.559. The summed E-state index contributed by atoms with van der Waals surface area (Å²) in [6.45, 7) is 0. The number of aromatic nitrogens is 4. The molecule has 0 amide bonds. The van der Waals surface area contributed by atoms with Gasteiger partial charge in [-0.25, -0.2) is 4.98 Å². The van der Waals surface area contributed by atoms with Crippen LogP contribution < -0.4 is 0 Å². The lowest BCUT2D eigenvalue weighted by Gasteiger charge is -2.11. The normalized spacial score (nSPS) is 11.7. The lowest BCUT2D eigenvalue weighted by Crippen LogP contribution is -2.06. The van der Waals surface area contributed by atoms with Gasteiger partial charge in [0.15, 0.2) is 11.6 Å². The molecule has 0 N–H and O–H groups in total. The van der Waals surface area contributed by atoms with Gasteiger partial charge in [-0.15, -0.1) is 11.3 Å². The van der Waals surface area contributed by atoms with Crippen molar-refractivity contribution in [2.75, 3.05) is 0 Å². The third-order valence-corrected chi connectivity index (χ3v) is 8.49. The van der Waals surface area contributed by atoms with Crippen LogP contribution in [0.25, 0.3) is 70.7 Å². The predicted octanol–water partition coefficient (Wildman–Crippen LogP) is 9.32. The van der Waals surface area contributed by atoms with E-state index in [2.05, 4.69) is 47.0 Å². The fourth-order valence-electron chi connectivity index (χ4n) is 5.41. The Bertz CT molecular complexity index is 2130. The summed E-state index contributed by atoms with van der Waals surface area (Å²) in [5, 5.41) is 5.46. The van der Waals surface area contributed by atoms with Gasteiger partial charge in [0.25, 0.3) is 0 Å². The van der Waals surface area contributed by atoms with Crippen LogP contribution in [0.15, 0.2) is 115 Å².